The highest BCUT2D eigenvalue weighted by Crippen LogP contribution is 2.15. The Bertz CT molecular complexity index is 649. The Kier molecular flexibility index (Phi) is 3.68. The Morgan fingerprint density at radius 3 is 2.72 bits per heavy atom. The Labute approximate surface area is 110 Å². The fraction of sp³-hybridized carbons (Fsp3) is 0. The lowest BCUT2D eigenvalue weighted by atomic mass is 10.3. The van der Waals surface area contributed by atoms with Crippen LogP contribution in [0.1, 0.15) is 0 Å². The number of benzene rings is 1. The first-order valence-electron chi connectivity index (χ1n) is 4.89. The molecule has 8 heteroatoms. The summed E-state index contributed by atoms with van der Waals surface area (Å²) in [4.78, 5) is 22.0. The van der Waals surface area contributed by atoms with Crippen LogP contribution in [0, 0.1) is 10.1 Å². The van der Waals surface area contributed by atoms with Gasteiger partial charge in [0.15, 0.2) is 0 Å². The number of aromatic amines is 2. The molecule has 0 spiro atoms. The number of rotatable bonds is 1. The van der Waals surface area contributed by atoms with Crippen LogP contribution in [0.15, 0.2) is 41.4 Å². The molecule has 1 aromatic carbocycles. The van der Waals surface area contributed by atoms with E-state index in [0.29, 0.717) is 0 Å². The van der Waals surface area contributed by atoms with E-state index < -0.39 is 4.92 Å². The van der Waals surface area contributed by atoms with Crippen LogP contribution in [-0.2, 0) is 0 Å². The minimum atomic E-state index is -0.583. The summed E-state index contributed by atoms with van der Waals surface area (Å²) in [6, 6.07) is 5.95. The lowest BCUT2D eigenvalue weighted by Crippen LogP contribution is -1.88. The molecule has 0 radical (unpaired) electrons. The molecule has 7 nitrogen and oxygen atoms in total. The van der Waals surface area contributed by atoms with E-state index in [2.05, 4.69) is 35.9 Å². The second-order valence-electron chi connectivity index (χ2n) is 3.23. The average Bonchev–Trinajstić information content (AvgIpc) is 3.00. The molecule has 3 rings (SSSR count). The number of aromatic nitrogens is 4. The van der Waals surface area contributed by atoms with Crippen molar-refractivity contribution in [2.45, 2.75) is 0 Å². The SMILES string of the molecule is Brc1ccc2nc[nH]c2c1.O=[N+]([O-])c1ncc[nH]1. The Balaban J connectivity index is 0.000000138. The summed E-state index contributed by atoms with van der Waals surface area (Å²) in [5.74, 6) is -0.218. The van der Waals surface area contributed by atoms with Gasteiger partial charge in [-0.1, -0.05) is 20.9 Å². The van der Waals surface area contributed by atoms with E-state index in [-0.39, 0.29) is 5.95 Å². The molecular weight excluding hydrogens is 302 g/mol. The Morgan fingerprint density at radius 2 is 2.11 bits per heavy atom. The third-order valence-electron chi connectivity index (χ3n) is 2.04. The van der Waals surface area contributed by atoms with Crippen molar-refractivity contribution < 1.29 is 4.92 Å². The molecular formula is C10H8BrN5O2. The molecule has 2 N–H and O–H groups in total. The number of nitro groups is 1. The number of hydrogen-bond donors (Lipinski definition) is 2. The van der Waals surface area contributed by atoms with Gasteiger partial charge in [0.25, 0.3) is 0 Å². The molecule has 2 aromatic heterocycles. The molecule has 0 fully saturated rings. The van der Waals surface area contributed by atoms with E-state index >= 15 is 0 Å². The molecule has 0 aliphatic rings. The topological polar surface area (TPSA) is 100 Å². The third-order valence-corrected chi connectivity index (χ3v) is 2.53. The lowest BCUT2D eigenvalue weighted by Gasteiger charge is -1.87. The largest absolute Gasteiger partial charge is 0.432 e. The normalized spacial score (nSPS) is 9.83. The van der Waals surface area contributed by atoms with Crippen molar-refractivity contribution in [3.05, 3.63) is 51.5 Å². The number of halogens is 1. The smallest absolute Gasteiger partial charge is 0.390 e. The zero-order valence-corrected chi connectivity index (χ0v) is 10.6. The molecule has 0 bridgehead atoms. The first kappa shape index (κ1) is 12.2. The van der Waals surface area contributed by atoms with Gasteiger partial charge in [0.2, 0.25) is 0 Å². The van der Waals surface area contributed by atoms with Gasteiger partial charge in [-0.3, -0.25) is 0 Å². The third kappa shape index (κ3) is 2.92. The van der Waals surface area contributed by atoms with Crippen molar-refractivity contribution in [3.8, 4) is 0 Å². The van der Waals surface area contributed by atoms with Crippen LogP contribution < -0.4 is 0 Å². The Hall–Kier alpha value is -2.22. The van der Waals surface area contributed by atoms with Gasteiger partial charge in [-0.2, -0.15) is 0 Å². The fourth-order valence-electron chi connectivity index (χ4n) is 1.26. The molecule has 92 valence electrons. The maximum atomic E-state index is 9.77. The van der Waals surface area contributed by atoms with Crippen LogP contribution in [-0.4, -0.2) is 24.9 Å². The van der Waals surface area contributed by atoms with Crippen molar-refractivity contribution in [2.75, 3.05) is 0 Å². The van der Waals surface area contributed by atoms with Crippen molar-refractivity contribution in [3.63, 3.8) is 0 Å². The van der Waals surface area contributed by atoms with Gasteiger partial charge in [-0.25, -0.2) is 9.97 Å². The highest BCUT2D eigenvalue weighted by atomic mass is 79.9. The van der Waals surface area contributed by atoms with E-state index in [9.17, 15) is 10.1 Å². The molecule has 18 heavy (non-hydrogen) atoms. The maximum absolute atomic E-state index is 9.77. The number of imidazole rings is 2. The molecule has 0 amide bonds. The monoisotopic (exact) mass is 309 g/mol. The first-order chi connectivity index (χ1) is 8.66. The van der Waals surface area contributed by atoms with Crippen LogP contribution >= 0.6 is 15.9 Å². The second-order valence-corrected chi connectivity index (χ2v) is 4.15. The van der Waals surface area contributed by atoms with Gasteiger partial charge in [0.1, 0.15) is 6.20 Å². The number of nitrogens with zero attached hydrogens (tertiary/aromatic N) is 3. The van der Waals surface area contributed by atoms with Gasteiger partial charge in [-0.05, 0) is 23.1 Å². The summed E-state index contributed by atoms with van der Waals surface area (Å²) in [6.45, 7) is 0. The van der Waals surface area contributed by atoms with Crippen LogP contribution in [0.4, 0.5) is 5.95 Å². The minimum Gasteiger partial charge on any atom is -0.390 e. The van der Waals surface area contributed by atoms with E-state index in [4.69, 9.17) is 0 Å². The number of H-pyrrole nitrogens is 2. The number of hydrogen-bond acceptors (Lipinski definition) is 4. The summed E-state index contributed by atoms with van der Waals surface area (Å²) >= 11 is 3.37. The van der Waals surface area contributed by atoms with E-state index in [1.807, 2.05) is 18.2 Å². The molecule has 0 atom stereocenters. The molecule has 0 saturated heterocycles. The average molecular weight is 310 g/mol. The molecule has 3 aromatic rings. The van der Waals surface area contributed by atoms with Gasteiger partial charge in [-0.15, -0.1) is 0 Å². The number of fused-ring (bicyclic) bond motifs is 1. The first-order valence-corrected chi connectivity index (χ1v) is 5.68. The van der Waals surface area contributed by atoms with Gasteiger partial charge >= 0.3 is 5.95 Å². The van der Waals surface area contributed by atoms with E-state index in [1.165, 1.54) is 12.4 Å². The fourth-order valence-corrected chi connectivity index (χ4v) is 1.63. The summed E-state index contributed by atoms with van der Waals surface area (Å²) in [6.07, 6.45) is 4.42. The molecule has 0 aliphatic carbocycles. The van der Waals surface area contributed by atoms with Gasteiger partial charge < -0.3 is 15.1 Å². The molecule has 0 aliphatic heterocycles. The predicted molar refractivity (Wildman–Crippen MR) is 69.0 cm³/mol. The Morgan fingerprint density at radius 1 is 1.28 bits per heavy atom. The highest BCUT2D eigenvalue weighted by molar-refractivity contribution is 9.10. The molecule has 2 heterocycles. The zero-order chi connectivity index (χ0) is 13.0. The summed E-state index contributed by atoms with van der Waals surface area (Å²) in [5.41, 5.74) is 2.07. The minimum absolute atomic E-state index is 0.218. The predicted octanol–water partition coefficient (Wildman–Crippen LogP) is 2.64. The van der Waals surface area contributed by atoms with E-state index in [0.717, 1.165) is 15.5 Å². The zero-order valence-electron chi connectivity index (χ0n) is 9.00. The standard InChI is InChI=1S/C7H5BrN2.C3H3N3O2/c8-5-1-2-6-7(3-5)10-4-9-6;7-6(8)3-4-1-2-5-3/h1-4H,(H,9,10);1-2H,(H,4,5). The van der Waals surface area contributed by atoms with Crippen molar-refractivity contribution >= 4 is 32.9 Å². The quantitative estimate of drug-likeness (QED) is 0.533. The molecule has 0 saturated carbocycles. The highest BCUT2D eigenvalue weighted by Gasteiger charge is 2.01. The second kappa shape index (κ2) is 5.41. The van der Waals surface area contributed by atoms with Crippen molar-refractivity contribution in [1.82, 2.24) is 19.9 Å². The van der Waals surface area contributed by atoms with Crippen LogP contribution in [0.3, 0.4) is 0 Å². The van der Waals surface area contributed by atoms with Crippen molar-refractivity contribution in [2.24, 2.45) is 0 Å². The van der Waals surface area contributed by atoms with E-state index in [1.54, 1.807) is 6.33 Å². The summed E-state index contributed by atoms with van der Waals surface area (Å²) < 4.78 is 1.07. The van der Waals surface area contributed by atoms with Crippen LogP contribution in [0.2, 0.25) is 0 Å². The maximum Gasteiger partial charge on any atom is 0.432 e. The summed E-state index contributed by atoms with van der Waals surface area (Å²) in [5, 5.41) is 9.77. The van der Waals surface area contributed by atoms with Crippen LogP contribution in [0.5, 0.6) is 0 Å². The van der Waals surface area contributed by atoms with Crippen LogP contribution in [0.25, 0.3) is 11.0 Å². The molecule has 0 unspecified atom stereocenters. The van der Waals surface area contributed by atoms with Gasteiger partial charge in [0, 0.05) is 4.47 Å². The van der Waals surface area contributed by atoms with Crippen molar-refractivity contribution in [1.29, 1.82) is 0 Å². The lowest BCUT2D eigenvalue weighted by molar-refractivity contribution is -0.393. The summed E-state index contributed by atoms with van der Waals surface area (Å²) in [7, 11) is 0. The van der Waals surface area contributed by atoms with Gasteiger partial charge in [0.05, 0.1) is 23.6 Å². The number of nitrogens with one attached hydrogen (secondary N) is 2.